The van der Waals surface area contributed by atoms with E-state index in [-0.39, 0.29) is 12.5 Å². The number of carbonyl (C=O) groups is 1. The van der Waals surface area contributed by atoms with Crippen LogP contribution < -0.4 is 0 Å². The molecule has 0 radical (unpaired) electrons. The molecule has 0 bridgehead atoms. The first-order valence-electron chi connectivity index (χ1n) is 6.09. The Balaban J connectivity index is 2.04. The number of amides is 1. The quantitative estimate of drug-likeness (QED) is 0.740. The van der Waals surface area contributed by atoms with Crippen LogP contribution in [0.5, 0.6) is 0 Å². The average Bonchev–Trinajstić information content (AvgIpc) is 2.86. The molecule has 0 saturated heterocycles. The summed E-state index contributed by atoms with van der Waals surface area (Å²) in [4.78, 5) is 13.3. The van der Waals surface area contributed by atoms with Gasteiger partial charge in [0.2, 0.25) is 5.91 Å². The van der Waals surface area contributed by atoms with E-state index in [4.69, 9.17) is 16.0 Å². The second-order valence-corrected chi connectivity index (χ2v) is 5.56. The lowest BCUT2D eigenvalue weighted by molar-refractivity contribution is -0.125. The van der Waals surface area contributed by atoms with Gasteiger partial charge in [-0.25, -0.2) is 4.39 Å². The summed E-state index contributed by atoms with van der Waals surface area (Å²) >= 11 is 9.11. The van der Waals surface area contributed by atoms with Crippen molar-refractivity contribution in [2.45, 2.75) is 6.54 Å². The maximum atomic E-state index is 13.7. The summed E-state index contributed by atoms with van der Waals surface area (Å²) in [5.74, 6) is -0.157. The van der Waals surface area contributed by atoms with E-state index >= 15 is 0 Å². The maximum Gasteiger partial charge on any atom is 0.246 e. The third-order valence-corrected chi connectivity index (χ3v) is 3.60. The Morgan fingerprint density at radius 1 is 1.43 bits per heavy atom. The smallest absolute Gasteiger partial charge is 0.246 e. The molecular formula is C15H12BrClFNO2. The van der Waals surface area contributed by atoms with Gasteiger partial charge < -0.3 is 9.32 Å². The molecular weight excluding hydrogens is 361 g/mol. The van der Waals surface area contributed by atoms with Crippen LogP contribution in [0.25, 0.3) is 6.08 Å². The summed E-state index contributed by atoms with van der Waals surface area (Å²) in [6.45, 7) is 0.0938. The van der Waals surface area contributed by atoms with Crippen LogP contribution in [0, 0.1) is 5.82 Å². The Labute approximate surface area is 135 Å². The summed E-state index contributed by atoms with van der Waals surface area (Å²) in [5.41, 5.74) is 0.296. The SMILES string of the molecule is CN(Cc1c(F)cccc1Cl)C(=O)/C=C/c1ccc(Br)o1. The predicted octanol–water partition coefficient (Wildman–Crippen LogP) is 4.51. The molecule has 0 fully saturated rings. The third kappa shape index (κ3) is 4.19. The molecule has 2 aromatic rings. The fraction of sp³-hybridized carbons (Fsp3) is 0.133. The molecule has 110 valence electrons. The second kappa shape index (κ2) is 6.91. The van der Waals surface area contributed by atoms with Gasteiger partial charge in [-0.15, -0.1) is 0 Å². The van der Waals surface area contributed by atoms with Gasteiger partial charge >= 0.3 is 0 Å². The third-order valence-electron chi connectivity index (χ3n) is 2.82. The minimum absolute atomic E-state index is 0.0938. The highest BCUT2D eigenvalue weighted by molar-refractivity contribution is 9.10. The number of carbonyl (C=O) groups excluding carboxylic acids is 1. The molecule has 1 heterocycles. The van der Waals surface area contributed by atoms with Gasteiger partial charge in [0, 0.05) is 30.3 Å². The minimum Gasteiger partial charge on any atom is -0.450 e. The molecule has 0 spiro atoms. The Morgan fingerprint density at radius 2 is 2.19 bits per heavy atom. The van der Waals surface area contributed by atoms with E-state index in [0.717, 1.165) is 0 Å². The van der Waals surface area contributed by atoms with E-state index in [2.05, 4.69) is 15.9 Å². The average molecular weight is 373 g/mol. The second-order valence-electron chi connectivity index (χ2n) is 4.37. The molecule has 0 aliphatic rings. The van der Waals surface area contributed by atoms with Crippen LogP contribution in [0.2, 0.25) is 5.02 Å². The monoisotopic (exact) mass is 371 g/mol. The van der Waals surface area contributed by atoms with E-state index in [0.29, 0.717) is 21.0 Å². The fourth-order valence-corrected chi connectivity index (χ4v) is 2.24. The largest absolute Gasteiger partial charge is 0.450 e. The Morgan fingerprint density at radius 3 is 2.81 bits per heavy atom. The molecule has 1 aromatic carbocycles. The van der Waals surface area contributed by atoms with Crippen molar-refractivity contribution in [3.05, 3.63) is 63.2 Å². The van der Waals surface area contributed by atoms with Crippen LogP contribution in [0.15, 0.2) is 45.5 Å². The van der Waals surface area contributed by atoms with Crippen molar-refractivity contribution in [3.8, 4) is 0 Å². The first-order valence-corrected chi connectivity index (χ1v) is 7.26. The normalized spacial score (nSPS) is 11.0. The number of benzene rings is 1. The van der Waals surface area contributed by atoms with Crippen molar-refractivity contribution in [3.63, 3.8) is 0 Å². The van der Waals surface area contributed by atoms with Gasteiger partial charge in [-0.3, -0.25) is 4.79 Å². The number of hydrogen-bond acceptors (Lipinski definition) is 2. The van der Waals surface area contributed by atoms with Crippen molar-refractivity contribution < 1.29 is 13.6 Å². The summed E-state index contributed by atoms with van der Waals surface area (Å²) in [6, 6.07) is 7.89. The van der Waals surface area contributed by atoms with Gasteiger partial charge in [0.25, 0.3) is 0 Å². The molecule has 0 unspecified atom stereocenters. The van der Waals surface area contributed by atoms with E-state index in [1.165, 1.54) is 23.1 Å². The van der Waals surface area contributed by atoms with Gasteiger partial charge in [-0.1, -0.05) is 17.7 Å². The first kappa shape index (κ1) is 15.8. The fourth-order valence-electron chi connectivity index (χ4n) is 1.70. The van der Waals surface area contributed by atoms with Crippen LogP contribution in [0.1, 0.15) is 11.3 Å². The van der Waals surface area contributed by atoms with E-state index in [1.54, 1.807) is 31.3 Å². The van der Waals surface area contributed by atoms with Gasteiger partial charge in [0.1, 0.15) is 11.6 Å². The van der Waals surface area contributed by atoms with Crippen LogP contribution in [0.4, 0.5) is 4.39 Å². The van der Waals surface area contributed by atoms with Gasteiger partial charge in [-0.2, -0.15) is 0 Å². The van der Waals surface area contributed by atoms with Crippen molar-refractivity contribution in [2.75, 3.05) is 7.05 Å². The summed E-state index contributed by atoms with van der Waals surface area (Å²) in [7, 11) is 1.58. The van der Waals surface area contributed by atoms with Crippen LogP contribution in [0.3, 0.4) is 0 Å². The molecule has 21 heavy (non-hydrogen) atoms. The minimum atomic E-state index is -0.430. The molecule has 0 atom stereocenters. The van der Waals surface area contributed by atoms with Crippen LogP contribution in [-0.4, -0.2) is 17.9 Å². The predicted molar refractivity (Wildman–Crippen MR) is 83.3 cm³/mol. The molecule has 0 saturated carbocycles. The Bertz CT molecular complexity index is 664. The molecule has 1 aromatic heterocycles. The van der Waals surface area contributed by atoms with Crippen molar-refractivity contribution in [1.82, 2.24) is 4.90 Å². The lowest BCUT2D eigenvalue weighted by Crippen LogP contribution is -2.24. The van der Waals surface area contributed by atoms with Crippen LogP contribution in [-0.2, 0) is 11.3 Å². The highest BCUT2D eigenvalue weighted by atomic mass is 79.9. The summed E-state index contributed by atoms with van der Waals surface area (Å²) < 4.78 is 19.5. The standard InChI is InChI=1S/C15H12BrClFNO2/c1-19(9-11-12(17)3-2-4-13(11)18)15(20)8-6-10-5-7-14(16)21-10/h2-8H,9H2,1H3/b8-6+. The number of rotatable bonds is 4. The molecule has 1 amide bonds. The van der Waals surface area contributed by atoms with Gasteiger partial charge in [0.15, 0.2) is 4.67 Å². The number of hydrogen-bond donors (Lipinski definition) is 0. The maximum absolute atomic E-state index is 13.7. The molecule has 6 heteroatoms. The van der Waals surface area contributed by atoms with Crippen molar-refractivity contribution in [1.29, 1.82) is 0 Å². The summed E-state index contributed by atoms with van der Waals surface area (Å²) in [5, 5.41) is 0.300. The highest BCUT2D eigenvalue weighted by Crippen LogP contribution is 2.20. The van der Waals surface area contributed by atoms with E-state index in [1.807, 2.05) is 0 Å². The van der Waals surface area contributed by atoms with Crippen molar-refractivity contribution >= 4 is 39.5 Å². The lowest BCUT2D eigenvalue weighted by atomic mass is 10.2. The van der Waals surface area contributed by atoms with Gasteiger partial charge in [-0.05, 0) is 46.3 Å². The van der Waals surface area contributed by atoms with Crippen LogP contribution >= 0.6 is 27.5 Å². The van der Waals surface area contributed by atoms with Crippen molar-refractivity contribution in [2.24, 2.45) is 0 Å². The Kier molecular flexibility index (Phi) is 5.20. The van der Waals surface area contributed by atoms with Gasteiger partial charge in [0.05, 0.1) is 0 Å². The lowest BCUT2D eigenvalue weighted by Gasteiger charge is -2.16. The zero-order chi connectivity index (χ0) is 15.4. The number of halogens is 3. The molecule has 2 rings (SSSR count). The number of likely N-dealkylation sites (N-methyl/N-ethyl adjacent to an activating group) is 1. The topological polar surface area (TPSA) is 33.5 Å². The van der Waals surface area contributed by atoms with E-state index < -0.39 is 5.82 Å². The summed E-state index contributed by atoms with van der Waals surface area (Å²) in [6.07, 6.45) is 2.91. The molecule has 0 N–H and O–H groups in total. The van der Waals surface area contributed by atoms with E-state index in [9.17, 15) is 9.18 Å². The first-order chi connectivity index (χ1) is 9.97. The molecule has 3 nitrogen and oxygen atoms in total. The number of furan rings is 1. The Hall–Kier alpha value is -1.59. The molecule has 0 aliphatic carbocycles. The highest BCUT2D eigenvalue weighted by Gasteiger charge is 2.12. The molecule has 0 aliphatic heterocycles. The number of nitrogens with zero attached hydrogens (tertiary/aromatic N) is 1. The zero-order valence-electron chi connectivity index (χ0n) is 11.1. The zero-order valence-corrected chi connectivity index (χ0v) is 13.5.